The van der Waals surface area contributed by atoms with E-state index in [0.717, 1.165) is 0 Å². The Morgan fingerprint density at radius 2 is 1.71 bits per heavy atom. The summed E-state index contributed by atoms with van der Waals surface area (Å²) in [7, 11) is 3.12. The van der Waals surface area contributed by atoms with Crippen LogP contribution in [0.4, 0.5) is 5.82 Å². The summed E-state index contributed by atoms with van der Waals surface area (Å²) in [5.41, 5.74) is 6.85. The molecule has 6 heteroatoms. The van der Waals surface area contributed by atoms with Crippen molar-refractivity contribution >= 4 is 5.82 Å². The van der Waals surface area contributed by atoms with E-state index < -0.39 is 0 Å². The molecule has 2 rings (SSSR count). The van der Waals surface area contributed by atoms with E-state index in [1.165, 1.54) is 0 Å². The lowest BCUT2D eigenvalue weighted by atomic mass is 10.1. The largest absolute Gasteiger partial charge is 0.497 e. The Hall–Kier alpha value is -2.50. The van der Waals surface area contributed by atoms with Crippen LogP contribution in [-0.2, 0) is 0 Å². The number of nitrogens with one attached hydrogen (secondary N) is 1. The topological polar surface area (TPSA) is 90.2 Å². The second kappa shape index (κ2) is 5.87. The fourth-order valence-corrected chi connectivity index (χ4v) is 2.14. The van der Waals surface area contributed by atoms with Crippen molar-refractivity contribution < 1.29 is 9.47 Å². The summed E-state index contributed by atoms with van der Waals surface area (Å²) in [6, 6.07) is 5.26. The van der Waals surface area contributed by atoms with Crippen LogP contribution in [0.2, 0.25) is 0 Å². The number of benzene rings is 1. The summed E-state index contributed by atoms with van der Waals surface area (Å²) in [4.78, 5) is 19.2. The van der Waals surface area contributed by atoms with E-state index in [2.05, 4.69) is 9.97 Å². The summed E-state index contributed by atoms with van der Waals surface area (Å²) in [5, 5.41) is 0. The number of hydrogen-bond acceptors (Lipinski definition) is 5. The molecular weight excluding hydrogens is 270 g/mol. The molecule has 0 aliphatic carbocycles. The van der Waals surface area contributed by atoms with Crippen molar-refractivity contribution in [2.24, 2.45) is 0 Å². The quantitative estimate of drug-likeness (QED) is 0.900. The van der Waals surface area contributed by atoms with Crippen LogP contribution in [0.15, 0.2) is 23.0 Å². The molecule has 1 aromatic heterocycles. The van der Waals surface area contributed by atoms with Gasteiger partial charge in [-0.25, -0.2) is 4.98 Å². The van der Waals surface area contributed by atoms with Crippen molar-refractivity contribution in [3.8, 4) is 22.9 Å². The summed E-state index contributed by atoms with van der Waals surface area (Å²) >= 11 is 0. The second-order valence-corrected chi connectivity index (χ2v) is 4.97. The number of ether oxygens (including phenoxy) is 2. The number of hydrogen-bond donors (Lipinski definition) is 2. The Bertz CT molecular complexity index is 686. The highest BCUT2D eigenvalue weighted by Crippen LogP contribution is 2.28. The Labute approximate surface area is 122 Å². The first-order valence-electron chi connectivity index (χ1n) is 6.59. The fourth-order valence-electron chi connectivity index (χ4n) is 2.14. The lowest BCUT2D eigenvalue weighted by Crippen LogP contribution is -2.19. The van der Waals surface area contributed by atoms with Crippen LogP contribution in [0.25, 0.3) is 11.4 Å². The molecule has 3 N–H and O–H groups in total. The molecule has 112 valence electrons. The number of nitrogens with two attached hydrogens (primary N) is 1. The van der Waals surface area contributed by atoms with Crippen molar-refractivity contribution in [1.82, 2.24) is 9.97 Å². The number of anilines is 1. The molecule has 6 nitrogen and oxygen atoms in total. The number of aromatic amines is 1. The molecule has 0 spiro atoms. The summed E-state index contributed by atoms with van der Waals surface area (Å²) in [6.07, 6.45) is 0. The molecule has 21 heavy (non-hydrogen) atoms. The molecule has 0 fully saturated rings. The monoisotopic (exact) mass is 289 g/mol. The maximum Gasteiger partial charge on any atom is 0.256 e. The zero-order chi connectivity index (χ0) is 15.6. The van der Waals surface area contributed by atoms with Crippen LogP contribution >= 0.6 is 0 Å². The van der Waals surface area contributed by atoms with Crippen molar-refractivity contribution in [2.45, 2.75) is 19.8 Å². The smallest absolute Gasteiger partial charge is 0.256 e. The van der Waals surface area contributed by atoms with Crippen molar-refractivity contribution in [3.63, 3.8) is 0 Å². The SMILES string of the molecule is COc1cc(OC)cc(-c2nc(N)c(C(C)C)c(=O)[nH]2)c1. The molecular formula is C15H19N3O3. The van der Waals surface area contributed by atoms with E-state index in [4.69, 9.17) is 15.2 Å². The third-order valence-electron chi connectivity index (χ3n) is 3.19. The summed E-state index contributed by atoms with van der Waals surface area (Å²) in [5.74, 6) is 1.86. The van der Waals surface area contributed by atoms with Gasteiger partial charge in [-0.2, -0.15) is 0 Å². The first-order chi connectivity index (χ1) is 9.96. The molecule has 0 saturated carbocycles. The highest BCUT2D eigenvalue weighted by molar-refractivity contribution is 5.62. The van der Waals surface area contributed by atoms with E-state index in [9.17, 15) is 4.79 Å². The Morgan fingerprint density at radius 3 is 2.14 bits per heavy atom. The number of methoxy groups -OCH3 is 2. The molecule has 0 atom stereocenters. The van der Waals surface area contributed by atoms with Gasteiger partial charge in [-0.15, -0.1) is 0 Å². The van der Waals surface area contributed by atoms with Crippen LogP contribution in [0.1, 0.15) is 25.3 Å². The summed E-state index contributed by atoms with van der Waals surface area (Å²) < 4.78 is 10.4. The molecule has 1 aromatic carbocycles. The number of nitrogens with zero attached hydrogens (tertiary/aromatic N) is 1. The van der Waals surface area contributed by atoms with Crippen LogP contribution in [0.5, 0.6) is 11.5 Å². The average Bonchev–Trinajstić information content (AvgIpc) is 2.45. The Kier molecular flexibility index (Phi) is 4.16. The van der Waals surface area contributed by atoms with Gasteiger partial charge < -0.3 is 20.2 Å². The van der Waals surface area contributed by atoms with Gasteiger partial charge >= 0.3 is 0 Å². The van der Waals surface area contributed by atoms with Gasteiger partial charge in [0.05, 0.1) is 19.8 Å². The van der Waals surface area contributed by atoms with E-state index in [1.807, 2.05) is 13.8 Å². The zero-order valence-corrected chi connectivity index (χ0v) is 12.6. The molecule has 0 saturated heterocycles. The number of aromatic nitrogens is 2. The third-order valence-corrected chi connectivity index (χ3v) is 3.19. The zero-order valence-electron chi connectivity index (χ0n) is 12.6. The first-order valence-corrected chi connectivity index (χ1v) is 6.59. The van der Waals surface area contributed by atoms with Gasteiger partial charge in [0.25, 0.3) is 5.56 Å². The van der Waals surface area contributed by atoms with Gasteiger partial charge in [0.1, 0.15) is 23.1 Å². The predicted octanol–water partition coefficient (Wildman–Crippen LogP) is 2.16. The molecule has 0 amide bonds. The maximum absolute atomic E-state index is 12.1. The maximum atomic E-state index is 12.1. The molecule has 0 bridgehead atoms. The van der Waals surface area contributed by atoms with Crippen LogP contribution in [0, 0.1) is 0 Å². The standard InChI is InChI=1S/C15H19N3O3/c1-8(2)12-13(16)17-14(18-15(12)19)9-5-10(20-3)7-11(6-9)21-4/h5-8H,1-4H3,(H3,16,17,18,19). The first kappa shape index (κ1) is 14.9. The number of H-pyrrole nitrogens is 1. The van der Waals surface area contributed by atoms with E-state index >= 15 is 0 Å². The average molecular weight is 289 g/mol. The Balaban J connectivity index is 2.60. The molecule has 0 aliphatic rings. The molecule has 1 heterocycles. The van der Waals surface area contributed by atoms with Gasteiger partial charge in [-0.05, 0) is 18.1 Å². The molecule has 2 aromatic rings. The van der Waals surface area contributed by atoms with Gasteiger partial charge in [0.2, 0.25) is 0 Å². The highest BCUT2D eigenvalue weighted by Gasteiger charge is 2.14. The van der Waals surface area contributed by atoms with Gasteiger partial charge in [-0.1, -0.05) is 13.8 Å². The second-order valence-electron chi connectivity index (χ2n) is 4.97. The van der Waals surface area contributed by atoms with Crippen LogP contribution in [-0.4, -0.2) is 24.2 Å². The molecule has 0 unspecified atom stereocenters. The minimum Gasteiger partial charge on any atom is -0.497 e. The number of rotatable bonds is 4. The van der Waals surface area contributed by atoms with Crippen molar-refractivity contribution in [2.75, 3.05) is 20.0 Å². The van der Waals surface area contributed by atoms with E-state index in [1.54, 1.807) is 32.4 Å². The molecule has 0 radical (unpaired) electrons. The van der Waals surface area contributed by atoms with E-state index in [0.29, 0.717) is 28.5 Å². The van der Waals surface area contributed by atoms with Crippen molar-refractivity contribution in [3.05, 3.63) is 34.1 Å². The van der Waals surface area contributed by atoms with E-state index in [-0.39, 0.29) is 17.3 Å². The lowest BCUT2D eigenvalue weighted by Gasteiger charge is -2.11. The minimum atomic E-state index is -0.228. The fraction of sp³-hybridized carbons (Fsp3) is 0.333. The third kappa shape index (κ3) is 2.99. The van der Waals surface area contributed by atoms with Gasteiger partial charge in [0.15, 0.2) is 0 Å². The van der Waals surface area contributed by atoms with Crippen molar-refractivity contribution in [1.29, 1.82) is 0 Å². The highest BCUT2D eigenvalue weighted by atomic mass is 16.5. The Morgan fingerprint density at radius 1 is 1.14 bits per heavy atom. The predicted molar refractivity (Wildman–Crippen MR) is 81.9 cm³/mol. The summed E-state index contributed by atoms with van der Waals surface area (Å²) in [6.45, 7) is 3.80. The van der Waals surface area contributed by atoms with Crippen LogP contribution < -0.4 is 20.8 Å². The number of nitrogen functional groups attached to an aromatic ring is 1. The van der Waals surface area contributed by atoms with Gasteiger partial charge in [-0.3, -0.25) is 4.79 Å². The van der Waals surface area contributed by atoms with Gasteiger partial charge in [0, 0.05) is 11.6 Å². The minimum absolute atomic E-state index is 0.00939. The molecule has 0 aliphatic heterocycles. The lowest BCUT2D eigenvalue weighted by molar-refractivity contribution is 0.394. The normalized spacial score (nSPS) is 10.7. The van der Waals surface area contributed by atoms with Crippen LogP contribution in [0.3, 0.4) is 0 Å².